The number of benzene rings is 1. The van der Waals surface area contributed by atoms with E-state index in [1.165, 1.54) is 7.11 Å². The minimum absolute atomic E-state index is 0.0906. The lowest BCUT2D eigenvalue weighted by atomic mass is 9.96. The number of anilines is 1. The first-order chi connectivity index (χ1) is 9.54. The van der Waals surface area contributed by atoms with Crippen LogP contribution < -0.4 is 5.73 Å². The lowest BCUT2D eigenvalue weighted by Gasteiger charge is -2.31. The van der Waals surface area contributed by atoms with Gasteiger partial charge in [0.2, 0.25) is 0 Å². The van der Waals surface area contributed by atoms with Crippen molar-refractivity contribution in [1.82, 2.24) is 4.90 Å². The maximum Gasteiger partial charge on any atom is 0.308 e. The molecule has 0 aliphatic carbocycles. The van der Waals surface area contributed by atoms with Crippen LogP contribution in [0.1, 0.15) is 23.2 Å². The van der Waals surface area contributed by atoms with Crippen LogP contribution in [0.3, 0.4) is 0 Å². The van der Waals surface area contributed by atoms with Crippen LogP contribution in [0.15, 0.2) is 22.7 Å². The second-order valence-electron chi connectivity index (χ2n) is 4.79. The van der Waals surface area contributed by atoms with Gasteiger partial charge in [0, 0.05) is 17.6 Å². The van der Waals surface area contributed by atoms with Gasteiger partial charge in [0.05, 0.1) is 24.3 Å². The quantitative estimate of drug-likeness (QED) is 0.660. The lowest BCUT2D eigenvalue weighted by molar-refractivity contribution is -0.146. The number of nitrogens with two attached hydrogens (primary N) is 1. The number of carbonyl (C=O) groups is 2. The molecule has 6 heteroatoms. The Kier molecular flexibility index (Phi) is 4.65. The minimum atomic E-state index is -0.195. The van der Waals surface area contributed by atoms with E-state index in [1.54, 1.807) is 23.1 Å². The van der Waals surface area contributed by atoms with Gasteiger partial charge in [-0.1, -0.05) is 6.07 Å². The van der Waals surface area contributed by atoms with E-state index in [-0.39, 0.29) is 17.8 Å². The van der Waals surface area contributed by atoms with Crippen molar-refractivity contribution in [2.75, 3.05) is 25.9 Å². The molecule has 5 nitrogen and oxygen atoms in total. The third-order valence-corrected chi connectivity index (χ3v) is 4.29. The Morgan fingerprint density at radius 2 is 2.00 bits per heavy atom. The zero-order valence-corrected chi connectivity index (χ0v) is 12.9. The van der Waals surface area contributed by atoms with E-state index in [2.05, 4.69) is 15.9 Å². The number of esters is 1. The smallest absolute Gasteiger partial charge is 0.308 e. The highest BCUT2D eigenvalue weighted by atomic mass is 79.9. The first kappa shape index (κ1) is 14.8. The summed E-state index contributed by atoms with van der Waals surface area (Å²) in [6, 6.07) is 5.30. The summed E-state index contributed by atoms with van der Waals surface area (Å²) in [5.74, 6) is -0.393. The molecule has 2 N–H and O–H groups in total. The van der Waals surface area contributed by atoms with Crippen molar-refractivity contribution in [3.8, 4) is 0 Å². The number of hydrogen-bond acceptors (Lipinski definition) is 4. The van der Waals surface area contributed by atoms with Crippen molar-refractivity contribution in [3.05, 3.63) is 28.2 Å². The summed E-state index contributed by atoms with van der Waals surface area (Å²) in [5, 5.41) is 0. The molecule has 1 amide bonds. The molecule has 1 aliphatic rings. The van der Waals surface area contributed by atoms with E-state index in [4.69, 9.17) is 10.5 Å². The Bertz CT molecular complexity index is 525. The SMILES string of the molecule is COC(=O)C1CCN(C(=O)c2cccc(Br)c2N)CC1. The van der Waals surface area contributed by atoms with Crippen LogP contribution in [0.2, 0.25) is 0 Å². The van der Waals surface area contributed by atoms with Crippen molar-refractivity contribution in [2.45, 2.75) is 12.8 Å². The molecule has 1 heterocycles. The second-order valence-corrected chi connectivity index (χ2v) is 5.65. The predicted octanol–water partition coefficient (Wildman–Crippen LogP) is 2.06. The van der Waals surface area contributed by atoms with Crippen LogP contribution in [0, 0.1) is 5.92 Å². The molecule has 1 aliphatic heterocycles. The number of piperidine rings is 1. The molecule has 0 saturated carbocycles. The van der Waals surface area contributed by atoms with E-state index in [1.807, 2.05) is 0 Å². The fraction of sp³-hybridized carbons (Fsp3) is 0.429. The summed E-state index contributed by atoms with van der Waals surface area (Å²) in [5.41, 5.74) is 6.87. The predicted molar refractivity (Wildman–Crippen MR) is 79.2 cm³/mol. The molecule has 0 bridgehead atoms. The topological polar surface area (TPSA) is 72.6 Å². The second kappa shape index (κ2) is 6.26. The Morgan fingerprint density at radius 3 is 2.60 bits per heavy atom. The number of para-hydroxylation sites is 1. The number of ether oxygens (including phenoxy) is 1. The number of nitrogens with zero attached hydrogens (tertiary/aromatic N) is 1. The lowest BCUT2D eigenvalue weighted by Crippen LogP contribution is -2.40. The fourth-order valence-corrected chi connectivity index (χ4v) is 2.75. The average molecular weight is 341 g/mol. The number of amides is 1. The number of nitrogen functional groups attached to an aromatic ring is 1. The van der Waals surface area contributed by atoms with Gasteiger partial charge in [-0.3, -0.25) is 9.59 Å². The van der Waals surface area contributed by atoms with Crippen molar-refractivity contribution < 1.29 is 14.3 Å². The molecule has 1 fully saturated rings. The first-order valence-corrected chi connectivity index (χ1v) is 7.25. The highest BCUT2D eigenvalue weighted by Gasteiger charge is 2.29. The molecule has 0 spiro atoms. The largest absolute Gasteiger partial charge is 0.469 e. The number of likely N-dealkylation sites (tertiary alicyclic amines) is 1. The molecular formula is C14H17BrN2O3. The van der Waals surface area contributed by atoms with Gasteiger partial charge in [-0.25, -0.2) is 0 Å². The normalized spacial score (nSPS) is 16.0. The summed E-state index contributed by atoms with van der Waals surface area (Å²) in [4.78, 5) is 25.6. The number of halogens is 1. The van der Waals surface area contributed by atoms with Crippen LogP contribution in [-0.2, 0) is 9.53 Å². The summed E-state index contributed by atoms with van der Waals surface area (Å²) >= 11 is 3.32. The summed E-state index contributed by atoms with van der Waals surface area (Å²) < 4.78 is 5.45. The molecule has 0 unspecified atom stereocenters. The zero-order chi connectivity index (χ0) is 14.7. The highest BCUT2D eigenvalue weighted by molar-refractivity contribution is 9.10. The third-order valence-electron chi connectivity index (χ3n) is 3.60. The molecule has 0 aromatic heterocycles. The molecule has 1 aromatic carbocycles. The Hall–Kier alpha value is -1.56. The van der Waals surface area contributed by atoms with E-state index in [9.17, 15) is 9.59 Å². The van der Waals surface area contributed by atoms with Crippen molar-refractivity contribution in [3.63, 3.8) is 0 Å². The zero-order valence-electron chi connectivity index (χ0n) is 11.3. The molecule has 1 aromatic rings. The molecule has 2 rings (SSSR count). The van der Waals surface area contributed by atoms with E-state index in [0.29, 0.717) is 41.7 Å². The number of rotatable bonds is 2. The van der Waals surface area contributed by atoms with Crippen LogP contribution in [0.4, 0.5) is 5.69 Å². The number of methoxy groups -OCH3 is 1. The van der Waals surface area contributed by atoms with Crippen LogP contribution in [-0.4, -0.2) is 37.0 Å². The number of carbonyl (C=O) groups excluding carboxylic acids is 2. The van der Waals surface area contributed by atoms with E-state index in [0.717, 1.165) is 0 Å². The monoisotopic (exact) mass is 340 g/mol. The molecular weight excluding hydrogens is 324 g/mol. The molecule has 1 saturated heterocycles. The summed E-state index contributed by atoms with van der Waals surface area (Å²) in [6.45, 7) is 1.09. The van der Waals surface area contributed by atoms with Crippen molar-refractivity contribution in [1.29, 1.82) is 0 Å². The van der Waals surface area contributed by atoms with Crippen molar-refractivity contribution in [2.24, 2.45) is 5.92 Å². The first-order valence-electron chi connectivity index (χ1n) is 6.45. The summed E-state index contributed by atoms with van der Waals surface area (Å²) in [6.07, 6.45) is 1.26. The van der Waals surface area contributed by atoms with Gasteiger partial charge in [-0.05, 0) is 40.9 Å². The van der Waals surface area contributed by atoms with Crippen LogP contribution in [0.25, 0.3) is 0 Å². The summed E-state index contributed by atoms with van der Waals surface area (Å²) in [7, 11) is 1.39. The van der Waals surface area contributed by atoms with E-state index >= 15 is 0 Å². The Morgan fingerprint density at radius 1 is 1.35 bits per heavy atom. The van der Waals surface area contributed by atoms with E-state index < -0.39 is 0 Å². The molecule has 0 atom stereocenters. The van der Waals surface area contributed by atoms with Gasteiger partial charge >= 0.3 is 5.97 Å². The van der Waals surface area contributed by atoms with Gasteiger partial charge in [0.15, 0.2) is 0 Å². The van der Waals surface area contributed by atoms with Gasteiger partial charge in [-0.15, -0.1) is 0 Å². The molecule has 108 valence electrons. The third kappa shape index (κ3) is 2.95. The number of hydrogen-bond donors (Lipinski definition) is 1. The van der Waals surface area contributed by atoms with Gasteiger partial charge in [-0.2, -0.15) is 0 Å². The van der Waals surface area contributed by atoms with Gasteiger partial charge < -0.3 is 15.4 Å². The minimum Gasteiger partial charge on any atom is -0.469 e. The molecule has 20 heavy (non-hydrogen) atoms. The average Bonchev–Trinajstić information content (AvgIpc) is 2.48. The maximum absolute atomic E-state index is 12.4. The Balaban J connectivity index is 2.05. The van der Waals surface area contributed by atoms with Crippen LogP contribution in [0.5, 0.6) is 0 Å². The standard InChI is InChI=1S/C14H17BrN2O3/c1-20-14(19)9-5-7-17(8-6-9)13(18)10-3-2-4-11(15)12(10)16/h2-4,9H,5-8,16H2,1H3. The van der Waals surface area contributed by atoms with Crippen molar-refractivity contribution >= 4 is 33.5 Å². The van der Waals surface area contributed by atoms with Gasteiger partial charge in [0.25, 0.3) is 5.91 Å². The van der Waals surface area contributed by atoms with Gasteiger partial charge in [0.1, 0.15) is 0 Å². The maximum atomic E-state index is 12.4. The highest BCUT2D eigenvalue weighted by Crippen LogP contribution is 2.26. The fourth-order valence-electron chi connectivity index (χ4n) is 2.38. The Labute approximate surface area is 126 Å². The molecule has 0 radical (unpaired) electrons. The van der Waals surface area contributed by atoms with Crippen LogP contribution >= 0.6 is 15.9 Å².